The molecule has 2 nitrogen and oxygen atoms in total. The quantitative estimate of drug-likeness (QED) is 0.908. The Hall–Kier alpha value is -1.23. The monoisotopic (exact) mass is 280 g/mol. The topological polar surface area (TPSA) is 37.3 Å². The van der Waals surface area contributed by atoms with Crippen molar-refractivity contribution >= 4 is 17.6 Å². The molecule has 0 spiro atoms. The number of halogens is 4. The van der Waals surface area contributed by atoms with Gasteiger partial charge in [-0.15, -0.1) is 0 Å². The Labute approximate surface area is 107 Å². The maximum atomic E-state index is 12.6. The Bertz CT molecular complexity index is 467. The normalized spacial score (nSPS) is 12.6. The predicted octanol–water partition coefficient (Wildman–Crippen LogP) is 4.01. The Morgan fingerprint density at radius 3 is 2.33 bits per heavy atom. The van der Waals surface area contributed by atoms with Gasteiger partial charge in [-0.05, 0) is 38.0 Å². The number of hydrogen-bond acceptors (Lipinski definition) is 1. The molecule has 0 aliphatic carbocycles. The van der Waals surface area contributed by atoms with Crippen LogP contribution in [-0.2, 0) is 17.4 Å². The molecule has 1 aromatic carbocycles. The van der Waals surface area contributed by atoms with E-state index in [2.05, 4.69) is 0 Å². The summed E-state index contributed by atoms with van der Waals surface area (Å²) in [7, 11) is 0. The first-order chi connectivity index (χ1) is 8.04. The summed E-state index contributed by atoms with van der Waals surface area (Å²) >= 11 is 5.48. The standard InChI is InChI=1S/C12H12ClF3O2/c1-11(2,10(17)18)6-7-3-4-9(13)8(5-7)12(14,15)16/h3-5H,6H2,1-2H3,(H,17,18). The first-order valence-corrected chi connectivity index (χ1v) is 5.51. The van der Waals surface area contributed by atoms with E-state index in [0.29, 0.717) is 5.56 Å². The van der Waals surface area contributed by atoms with Crippen LogP contribution in [0.4, 0.5) is 13.2 Å². The summed E-state index contributed by atoms with van der Waals surface area (Å²) in [6.07, 6.45) is -4.54. The first-order valence-electron chi connectivity index (χ1n) is 5.13. The molecule has 6 heteroatoms. The highest BCUT2D eigenvalue weighted by Gasteiger charge is 2.34. The van der Waals surface area contributed by atoms with Gasteiger partial charge in [0.25, 0.3) is 0 Å². The van der Waals surface area contributed by atoms with E-state index in [1.54, 1.807) is 0 Å². The number of carbonyl (C=O) groups is 1. The van der Waals surface area contributed by atoms with E-state index >= 15 is 0 Å². The van der Waals surface area contributed by atoms with E-state index in [0.717, 1.165) is 12.1 Å². The van der Waals surface area contributed by atoms with Crippen LogP contribution in [0.25, 0.3) is 0 Å². The smallest absolute Gasteiger partial charge is 0.417 e. The molecule has 0 atom stereocenters. The van der Waals surface area contributed by atoms with Crippen LogP contribution in [0.15, 0.2) is 18.2 Å². The molecule has 0 bridgehead atoms. The van der Waals surface area contributed by atoms with E-state index in [9.17, 15) is 18.0 Å². The number of carboxylic acid groups (broad SMARTS) is 1. The second kappa shape index (κ2) is 4.80. The van der Waals surface area contributed by atoms with Crippen molar-refractivity contribution in [3.05, 3.63) is 34.3 Å². The lowest BCUT2D eigenvalue weighted by Gasteiger charge is -2.20. The summed E-state index contributed by atoms with van der Waals surface area (Å²) in [4.78, 5) is 10.9. The third-order valence-corrected chi connectivity index (χ3v) is 2.89. The van der Waals surface area contributed by atoms with Gasteiger partial charge in [-0.25, -0.2) is 0 Å². The van der Waals surface area contributed by atoms with Crippen molar-refractivity contribution in [2.24, 2.45) is 5.41 Å². The van der Waals surface area contributed by atoms with Crippen molar-refractivity contribution in [1.29, 1.82) is 0 Å². The number of rotatable bonds is 3. The Balaban J connectivity index is 3.11. The van der Waals surface area contributed by atoms with Crippen LogP contribution in [0.5, 0.6) is 0 Å². The third-order valence-electron chi connectivity index (χ3n) is 2.56. The van der Waals surface area contributed by atoms with Crippen molar-refractivity contribution in [2.45, 2.75) is 26.4 Å². The summed E-state index contributed by atoms with van der Waals surface area (Å²) in [5.41, 5.74) is -1.78. The molecule has 1 rings (SSSR count). The lowest BCUT2D eigenvalue weighted by Crippen LogP contribution is -2.26. The Morgan fingerprint density at radius 1 is 1.33 bits per heavy atom. The minimum absolute atomic E-state index is 0.00256. The van der Waals surface area contributed by atoms with E-state index < -0.39 is 23.1 Å². The molecule has 0 aliphatic heterocycles. The zero-order chi connectivity index (χ0) is 14.1. The van der Waals surface area contributed by atoms with Crippen LogP contribution in [0.3, 0.4) is 0 Å². The van der Waals surface area contributed by atoms with Gasteiger partial charge in [-0.3, -0.25) is 4.79 Å². The predicted molar refractivity (Wildman–Crippen MR) is 61.6 cm³/mol. The van der Waals surface area contributed by atoms with Gasteiger partial charge in [-0.2, -0.15) is 13.2 Å². The van der Waals surface area contributed by atoms with Gasteiger partial charge in [0, 0.05) is 0 Å². The molecule has 0 heterocycles. The van der Waals surface area contributed by atoms with E-state index in [-0.39, 0.29) is 11.4 Å². The minimum atomic E-state index is -4.54. The van der Waals surface area contributed by atoms with Gasteiger partial charge >= 0.3 is 12.1 Å². The van der Waals surface area contributed by atoms with Crippen molar-refractivity contribution in [2.75, 3.05) is 0 Å². The van der Waals surface area contributed by atoms with Crippen LogP contribution in [0.2, 0.25) is 5.02 Å². The second-order valence-corrected chi connectivity index (χ2v) is 5.08. The SMILES string of the molecule is CC(C)(Cc1ccc(Cl)c(C(F)(F)F)c1)C(=O)O. The highest BCUT2D eigenvalue weighted by molar-refractivity contribution is 6.31. The average Bonchev–Trinajstić information content (AvgIpc) is 2.18. The highest BCUT2D eigenvalue weighted by atomic mass is 35.5. The molecule has 0 saturated carbocycles. The van der Waals surface area contributed by atoms with Crippen LogP contribution in [0.1, 0.15) is 25.0 Å². The van der Waals surface area contributed by atoms with Gasteiger partial charge in [0.05, 0.1) is 16.0 Å². The fourth-order valence-electron chi connectivity index (χ4n) is 1.49. The largest absolute Gasteiger partial charge is 0.481 e. The maximum absolute atomic E-state index is 12.6. The molecule has 1 N–H and O–H groups in total. The number of hydrogen-bond donors (Lipinski definition) is 1. The van der Waals surface area contributed by atoms with E-state index in [4.69, 9.17) is 16.7 Å². The van der Waals surface area contributed by atoms with Crippen LogP contribution in [-0.4, -0.2) is 11.1 Å². The molecule has 0 fully saturated rings. The number of aliphatic carboxylic acids is 1. The van der Waals surface area contributed by atoms with Crippen molar-refractivity contribution < 1.29 is 23.1 Å². The molecule has 0 amide bonds. The third kappa shape index (κ3) is 3.38. The molecule has 0 radical (unpaired) electrons. The lowest BCUT2D eigenvalue weighted by molar-refractivity contribution is -0.146. The summed E-state index contributed by atoms with van der Waals surface area (Å²) in [6.45, 7) is 2.91. The highest BCUT2D eigenvalue weighted by Crippen LogP contribution is 2.36. The molecule has 0 aliphatic rings. The number of carboxylic acids is 1. The number of alkyl halides is 3. The summed E-state index contributed by atoms with van der Waals surface area (Å²) in [5, 5.41) is 8.55. The molecule has 0 unspecified atom stereocenters. The molecular weight excluding hydrogens is 269 g/mol. The molecule has 100 valence electrons. The summed E-state index contributed by atoms with van der Waals surface area (Å²) in [6, 6.07) is 3.44. The van der Waals surface area contributed by atoms with Gasteiger partial charge in [0.2, 0.25) is 0 Å². The number of benzene rings is 1. The molecule has 0 aromatic heterocycles. The fraction of sp³-hybridized carbons (Fsp3) is 0.417. The van der Waals surface area contributed by atoms with Crippen LogP contribution >= 0.6 is 11.6 Å². The van der Waals surface area contributed by atoms with Crippen molar-refractivity contribution in [3.63, 3.8) is 0 Å². The molecule has 18 heavy (non-hydrogen) atoms. The Kier molecular flexibility index (Phi) is 3.96. The molecule has 0 saturated heterocycles. The lowest BCUT2D eigenvalue weighted by atomic mass is 9.85. The van der Waals surface area contributed by atoms with Crippen LogP contribution in [0, 0.1) is 5.41 Å². The van der Waals surface area contributed by atoms with E-state index in [1.807, 2.05) is 0 Å². The van der Waals surface area contributed by atoms with Crippen LogP contribution < -0.4 is 0 Å². The first kappa shape index (κ1) is 14.8. The van der Waals surface area contributed by atoms with E-state index in [1.165, 1.54) is 19.9 Å². The maximum Gasteiger partial charge on any atom is 0.417 e. The summed E-state index contributed by atoms with van der Waals surface area (Å²) in [5.74, 6) is -1.06. The molecule has 1 aromatic rings. The van der Waals surface area contributed by atoms with Gasteiger partial charge < -0.3 is 5.11 Å². The minimum Gasteiger partial charge on any atom is -0.481 e. The van der Waals surface area contributed by atoms with Gasteiger partial charge in [0.1, 0.15) is 0 Å². The average molecular weight is 281 g/mol. The zero-order valence-corrected chi connectivity index (χ0v) is 10.6. The summed E-state index contributed by atoms with van der Waals surface area (Å²) < 4.78 is 37.9. The molecular formula is C12H12ClF3O2. The second-order valence-electron chi connectivity index (χ2n) is 4.68. The fourth-order valence-corrected chi connectivity index (χ4v) is 1.71. The zero-order valence-electron chi connectivity index (χ0n) is 9.81. The van der Waals surface area contributed by atoms with Crippen molar-refractivity contribution in [1.82, 2.24) is 0 Å². The van der Waals surface area contributed by atoms with Gasteiger partial charge in [-0.1, -0.05) is 17.7 Å². The van der Waals surface area contributed by atoms with Crippen molar-refractivity contribution in [3.8, 4) is 0 Å². The Morgan fingerprint density at radius 2 is 1.89 bits per heavy atom. The van der Waals surface area contributed by atoms with Gasteiger partial charge in [0.15, 0.2) is 0 Å².